The van der Waals surface area contributed by atoms with E-state index in [1.165, 1.54) is 4.90 Å². The molecule has 0 aliphatic carbocycles. The van der Waals surface area contributed by atoms with E-state index in [1.807, 2.05) is 45.3 Å². The number of carbonyl (C=O) groups is 2. The fourth-order valence-electron chi connectivity index (χ4n) is 3.20. The molecule has 2 heterocycles. The van der Waals surface area contributed by atoms with Gasteiger partial charge in [-0.15, -0.1) is 0 Å². The molecular formula is C18H21N3O2. The first-order chi connectivity index (χ1) is 11.0. The Morgan fingerprint density at radius 1 is 1.22 bits per heavy atom. The van der Waals surface area contributed by atoms with Crippen LogP contribution >= 0.6 is 0 Å². The summed E-state index contributed by atoms with van der Waals surface area (Å²) in [5.74, 6) is -0.413. The number of likely N-dealkylation sites (tertiary alicyclic amines) is 1. The third-order valence-corrected chi connectivity index (χ3v) is 4.54. The summed E-state index contributed by atoms with van der Waals surface area (Å²) < 4.78 is 1.71. The van der Waals surface area contributed by atoms with Gasteiger partial charge >= 0.3 is 0 Å². The quantitative estimate of drug-likeness (QED) is 0.813. The SMILES string of the molecule is Cc1cccc(C)c1CN1C(=O)C[C@@H](Cc2cnn(C)c2)C1=O. The Morgan fingerprint density at radius 3 is 2.52 bits per heavy atom. The van der Waals surface area contributed by atoms with Crippen LogP contribution in [0, 0.1) is 19.8 Å². The van der Waals surface area contributed by atoms with Gasteiger partial charge in [-0.1, -0.05) is 18.2 Å². The highest BCUT2D eigenvalue weighted by Crippen LogP contribution is 2.26. The first-order valence-corrected chi connectivity index (χ1v) is 7.82. The normalized spacial score (nSPS) is 18.0. The average Bonchev–Trinajstić information content (AvgIpc) is 3.01. The highest BCUT2D eigenvalue weighted by Gasteiger charge is 2.38. The largest absolute Gasteiger partial charge is 0.278 e. The minimum absolute atomic E-state index is 0.0680. The fraction of sp³-hybridized carbons (Fsp3) is 0.389. The number of aromatic nitrogens is 2. The average molecular weight is 311 g/mol. The van der Waals surface area contributed by atoms with Crippen molar-refractivity contribution in [2.24, 2.45) is 13.0 Å². The van der Waals surface area contributed by atoms with E-state index >= 15 is 0 Å². The summed E-state index contributed by atoms with van der Waals surface area (Å²) in [5.41, 5.74) is 4.28. The molecule has 0 N–H and O–H groups in total. The number of hydrogen-bond acceptors (Lipinski definition) is 3. The molecule has 5 nitrogen and oxygen atoms in total. The Bertz CT molecular complexity index is 743. The summed E-state index contributed by atoms with van der Waals surface area (Å²) in [4.78, 5) is 26.3. The number of amides is 2. The van der Waals surface area contributed by atoms with Crippen molar-refractivity contribution in [3.63, 3.8) is 0 Å². The van der Waals surface area contributed by atoms with E-state index in [1.54, 1.807) is 10.9 Å². The van der Waals surface area contributed by atoms with Crippen LogP contribution in [0.3, 0.4) is 0 Å². The van der Waals surface area contributed by atoms with Crippen molar-refractivity contribution in [2.75, 3.05) is 0 Å². The van der Waals surface area contributed by atoms with Crippen molar-refractivity contribution >= 4 is 11.8 Å². The highest BCUT2D eigenvalue weighted by atomic mass is 16.2. The molecule has 0 spiro atoms. The summed E-state index contributed by atoms with van der Waals surface area (Å²) in [7, 11) is 1.85. The van der Waals surface area contributed by atoms with E-state index in [2.05, 4.69) is 5.10 Å². The van der Waals surface area contributed by atoms with Crippen LogP contribution in [-0.2, 0) is 29.6 Å². The van der Waals surface area contributed by atoms with Gasteiger partial charge in [0.15, 0.2) is 0 Å². The van der Waals surface area contributed by atoms with Crippen molar-refractivity contribution in [2.45, 2.75) is 33.2 Å². The molecule has 1 saturated heterocycles. The van der Waals surface area contributed by atoms with Crippen molar-refractivity contribution in [1.82, 2.24) is 14.7 Å². The van der Waals surface area contributed by atoms with E-state index in [0.717, 1.165) is 22.3 Å². The Hall–Kier alpha value is -2.43. The van der Waals surface area contributed by atoms with E-state index in [9.17, 15) is 9.59 Å². The van der Waals surface area contributed by atoms with Crippen LogP contribution < -0.4 is 0 Å². The highest BCUT2D eigenvalue weighted by molar-refractivity contribution is 6.03. The zero-order valence-electron chi connectivity index (χ0n) is 13.7. The van der Waals surface area contributed by atoms with Crippen LogP contribution in [0.15, 0.2) is 30.6 Å². The zero-order chi connectivity index (χ0) is 16.6. The van der Waals surface area contributed by atoms with Gasteiger partial charge in [0.2, 0.25) is 11.8 Å². The summed E-state index contributed by atoms with van der Waals surface area (Å²) in [6, 6.07) is 6.02. The zero-order valence-corrected chi connectivity index (χ0v) is 13.7. The van der Waals surface area contributed by atoms with Crippen molar-refractivity contribution < 1.29 is 9.59 Å². The second-order valence-electron chi connectivity index (χ2n) is 6.32. The molecule has 1 fully saturated rings. The van der Waals surface area contributed by atoms with Gasteiger partial charge in [0.05, 0.1) is 18.7 Å². The van der Waals surface area contributed by atoms with Crippen molar-refractivity contribution in [3.05, 3.63) is 52.8 Å². The lowest BCUT2D eigenvalue weighted by Crippen LogP contribution is -2.31. The molecule has 1 aliphatic heterocycles. The topological polar surface area (TPSA) is 55.2 Å². The maximum Gasteiger partial charge on any atom is 0.233 e. The monoisotopic (exact) mass is 311 g/mol. The maximum absolute atomic E-state index is 12.6. The van der Waals surface area contributed by atoms with Gasteiger partial charge in [0, 0.05) is 19.7 Å². The first kappa shape index (κ1) is 15.5. The van der Waals surface area contributed by atoms with Crippen LogP contribution in [0.5, 0.6) is 0 Å². The molecule has 1 aromatic heterocycles. The summed E-state index contributed by atoms with van der Waals surface area (Å²) in [6.07, 6.45) is 4.51. The molecule has 1 atom stereocenters. The maximum atomic E-state index is 12.6. The summed E-state index contributed by atoms with van der Waals surface area (Å²) in [5, 5.41) is 4.12. The number of imide groups is 1. The van der Waals surface area contributed by atoms with Gasteiger partial charge in [0.25, 0.3) is 0 Å². The molecule has 0 unspecified atom stereocenters. The molecule has 3 rings (SSSR count). The van der Waals surface area contributed by atoms with Crippen LogP contribution in [0.1, 0.15) is 28.7 Å². The van der Waals surface area contributed by atoms with Crippen molar-refractivity contribution in [1.29, 1.82) is 0 Å². The van der Waals surface area contributed by atoms with E-state index in [4.69, 9.17) is 0 Å². The number of nitrogens with zero attached hydrogens (tertiary/aromatic N) is 3. The number of carbonyl (C=O) groups excluding carboxylic acids is 2. The molecule has 0 bridgehead atoms. The third kappa shape index (κ3) is 3.04. The standard InChI is InChI=1S/C18H21N3O2/c1-12-5-4-6-13(2)16(12)11-21-17(22)8-15(18(21)23)7-14-9-19-20(3)10-14/h4-6,9-10,15H,7-8,11H2,1-3H3/t15-/m1/s1. The van der Waals surface area contributed by atoms with Crippen LogP contribution in [0.4, 0.5) is 0 Å². The third-order valence-electron chi connectivity index (χ3n) is 4.54. The molecule has 0 radical (unpaired) electrons. The van der Waals surface area contributed by atoms with Gasteiger partial charge in [-0.05, 0) is 42.5 Å². The minimum Gasteiger partial charge on any atom is -0.278 e. The first-order valence-electron chi connectivity index (χ1n) is 7.82. The number of benzene rings is 1. The lowest BCUT2D eigenvalue weighted by Gasteiger charge is -2.18. The van der Waals surface area contributed by atoms with Crippen LogP contribution in [0.25, 0.3) is 0 Å². The van der Waals surface area contributed by atoms with Gasteiger partial charge < -0.3 is 0 Å². The van der Waals surface area contributed by atoms with Gasteiger partial charge in [-0.25, -0.2) is 0 Å². The number of hydrogen-bond donors (Lipinski definition) is 0. The number of rotatable bonds is 4. The number of aryl methyl sites for hydroxylation is 3. The van der Waals surface area contributed by atoms with E-state index in [-0.39, 0.29) is 17.7 Å². The van der Waals surface area contributed by atoms with E-state index in [0.29, 0.717) is 19.4 Å². The van der Waals surface area contributed by atoms with Gasteiger partial charge in [0.1, 0.15) is 0 Å². The molecule has 5 heteroatoms. The second-order valence-corrected chi connectivity index (χ2v) is 6.32. The Kier molecular flexibility index (Phi) is 4.03. The predicted molar refractivity (Wildman–Crippen MR) is 86.5 cm³/mol. The smallest absolute Gasteiger partial charge is 0.233 e. The van der Waals surface area contributed by atoms with Crippen LogP contribution in [-0.4, -0.2) is 26.5 Å². The Balaban J connectivity index is 1.76. The van der Waals surface area contributed by atoms with Gasteiger partial charge in [-0.2, -0.15) is 5.10 Å². The Labute approximate surface area is 135 Å². The van der Waals surface area contributed by atoms with Crippen LogP contribution in [0.2, 0.25) is 0 Å². The molecular weight excluding hydrogens is 290 g/mol. The molecule has 0 saturated carbocycles. The van der Waals surface area contributed by atoms with E-state index < -0.39 is 0 Å². The predicted octanol–water partition coefficient (Wildman–Crippen LogP) is 2.15. The minimum atomic E-state index is -0.268. The Morgan fingerprint density at radius 2 is 1.91 bits per heavy atom. The lowest BCUT2D eigenvalue weighted by molar-refractivity contribution is -0.140. The molecule has 1 aromatic carbocycles. The summed E-state index contributed by atoms with van der Waals surface area (Å²) in [6.45, 7) is 4.40. The molecule has 2 amide bonds. The molecule has 120 valence electrons. The van der Waals surface area contributed by atoms with Crippen molar-refractivity contribution in [3.8, 4) is 0 Å². The lowest BCUT2D eigenvalue weighted by atomic mass is 10.00. The molecule has 1 aliphatic rings. The van der Waals surface area contributed by atoms with Gasteiger partial charge in [-0.3, -0.25) is 19.2 Å². The molecule has 23 heavy (non-hydrogen) atoms. The molecule has 2 aromatic rings. The fourth-order valence-corrected chi connectivity index (χ4v) is 3.20. The summed E-state index contributed by atoms with van der Waals surface area (Å²) >= 11 is 0. The second kappa shape index (κ2) is 5.99.